The Hall–Kier alpha value is -1.30. The van der Waals surface area contributed by atoms with Gasteiger partial charge in [0.05, 0.1) is 0 Å². The number of nitrogens with one attached hydrogen (secondary N) is 2. The highest BCUT2D eigenvalue weighted by Crippen LogP contribution is 2.31. The minimum absolute atomic E-state index is 0.360. The number of likely N-dealkylation sites (tertiary alicyclic amines) is 1. The molecule has 0 spiro atoms. The highest BCUT2D eigenvalue weighted by Gasteiger charge is 2.45. The maximum absolute atomic E-state index is 11.8. The van der Waals surface area contributed by atoms with E-state index in [1.807, 2.05) is 0 Å². The largest absolute Gasteiger partial charge is 0.480 e. The number of likely N-dealkylation sites (N-methyl/N-ethyl adjacent to an activating group) is 1. The number of carboxylic acids is 1. The van der Waals surface area contributed by atoms with Crippen molar-refractivity contribution in [1.29, 1.82) is 0 Å². The summed E-state index contributed by atoms with van der Waals surface area (Å²) in [5.41, 5.74) is -1.03. The van der Waals surface area contributed by atoms with Crippen molar-refractivity contribution in [2.45, 2.75) is 50.1 Å². The Kier molecular flexibility index (Phi) is 4.29. The molecule has 108 valence electrons. The number of nitrogens with zero attached hydrogens (tertiary/aromatic N) is 1. The zero-order valence-corrected chi connectivity index (χ0v) is 11.4. The lowest BCUT2D eigenvalue weighted by Crippen LogP contribution is -2.61. The van der Waals surface area contributed by atoms with Crippen molar-refractivity contribution in [1.82, 2.24) is 15.5 Å². The normalized spacial score (nSPS) is 26.3. The van der Waals surface area contributed by atoms with Gasteiger partial charge in [-0.15, -0.1) is 0 Å². The Morgan fingerprint density at radius 2 is 2.05 bits per heavy atom. The van der Waals surface area contributed by atoms with Crippen molar-refractivity contribution >= 4 is 12.0 Å². The van der Waals surface area contributed by atoms with Crippen molar-refractivity contribution in [2.24, 2.45) is 0 Å². The first kappa shape index (κ1) is 14.1. The van der Waals surface area contributed by atoms with Crippen LogP contribution in [0.15, 0.2) is 0 Å². The molecular weight excluding hydrogens is 246 g/mol. The second kappa shape index (κ2) is 5.77. The van der Waals surface area contributed by atoms with E-state index in [-0.39, 0.29) is 6.03 Å². The van der Waals surface area contributed by atoms with Crippen molar-refractivity contribution in [3.63, 3.8) is 0 Å². The summed E-state index contributed by atoms with van der Waals surface area (Å²) >= 11 is 0. The van der Waals surface area contributed by atoms with Crippen LogP contribution in [0.25, 0.3) is 0 Å². The quantitative estimate of drug-likeness (QED) is 0.704. The molecule has 1 heterocycles. The first-order valence-electron chi connectivity index (χ1n) is 7.03. The molecule has 1 aliphatic carbocycles. The van der Waals surface area contributed by atoms with E-state index in [9.17, 15) is 9.59 Å². The van der Waals surface area contributed by atoms with Gasteiger partial charge < -0.3 is 20.6 Å². The number of carboxylic acid groups (broad SMARTS) is 1. The molecule has 1 saturated heterocycles. The topological polar surface area (TPSA) is 81.7 Å². The van der Waals surface area contributed by atoms with Gasteiger partial charge in [-0.2, -0.15) is 0 Å². The molecule has 0 bridgehead atoms. The molecule has 2 rings (SSSR count). The van der Waals surface area contributed by atoms with E-state index in [2.05, 4.69) is 22.6 Å². The van der Waals surface area contributed by atoms with E-state index in [0.29, 0.717) is 25.4 Å². The number of aliphatic carboxylic acids is 1. The van der Waals surface area contributed by atoms with Gasteiger partial charge in [0, 0.05) is 12.6 Å². The maximum atomic E-state index is 11.8. The Labute approximate surface area is 113 Å². The second-order valence-electron chi connectivity index (χ2n) is 5.71. The Bertz CT molecular complexity index is 355. The molecule has 1 aliphatic heterocycles. The number of amides is 2. The summed E-state index contributed by atoms with van der Waals surface area (Å²) < 4.78 is 0. The summed E-state index contributed by atoms with van der Waals surface area (Å²) in [6.45, 7) is 1.64. The lowest BCUT2D eigenvalue weighted by Gasteiger charge is -2.38. The first-order chi connectivity index (χ1) is 9.03. The summed E-state index contributed by atoms with van der Waals surface area (Å²) in [6, 6.07) is 0.00254. The minimum Gasteiger partial charge on any atom is -0.480 e. The van der Waals surface area contributed by atoms with Crippen LogP contribution in [0.5, 0.6) is 0 Å². The van der Waals surface area contributed by atoms with Crippen molar-refractivity contribution in [3.8, 4) is 0 Å². The fraction of sp³-hybridized carbons (Fsp3) is 0.846. The van der Waals surface area contributed by atoms with Crippen LogP contribution < -0.4 is 10.6 Å². The molecule has 0 aromatic rings. The van der Waals surface area contributed by atoms with Crippen LogP contribution in [-0.2, 0) is 4.79 Å². The Morgan fingerprint density at radius 3 is 2.58 bits per heavy atom. The third kappa shape index (κ3) is 3.18. The lowest BCUT2D eigenvalue weighted by molar-refractivity contribution is -0.148. The minimum atomic E-state index is -1.03. The van der Waals surface area contributed by atoms with Gasteiger partial charge in [0.15, 0.2) is 0 Å². The van der Waals surface area contributed by atoms with E-state index in [4.69, 9.17) is 5.11 Å². The number of hydrogen-bond donors (Lipinski definition) is 3. The molecule has 6 nitrogen and oxygen atoms in total. The standard InChI is InChI=1S/C13H23N3O3/c1-16-8-3-2-5-10(16)9-14-12(19)15-13(11(17)18)6-4-7-13/h10H,2-9H2,1H3,(H,17,18)(H2,14,15,19). The molecule has 2 fully saturated rings. The smallest absolute Gasteiger partial charge is 0.329 e. The zero-order valence-electron chi connectivity index (χ0n) is 11.4. The molecule has 0 radical (unpaired) electrons. The number of urea groups is 1. The molecule has 6 heteroatoms. The van der Waals surface area contributed by atoms with Crippen LogP contribution >= 0.6 is 0 Å². The van der Waals surface area contributed by atoms with E-state index in [1.54, 1.807) is 0 Å². The molecule has 1 unspecified atom stereocenters. The van der Waals surface area contributed by atoms with Crippen LogP contribution in [0.2, 0.25) is 0 Å². The molecule has 2 amide bonds. The second-order valence-corrected chi connectivity index (χ2v) is 5.71. The van der Waals surface area contributed by atoms with Gasteiger partial charge in [-0.05, 0) is 45.7 Å². The fourth-order valence-corrected chi connectivity index (χ4v) is 2.80. The fourth-order valence-electron chi connectivity index (χ4n) is 2.80. The first-order valence-corrected chi connectivity index (χ1v) is 7.03. The monoisotopic (exact) mass is 269 g/mol. The third-order valence-corrected chi connectivity index (χ3v) is 4.39. The number of carbonyl (C=O) groups is 2. The van der Waals surface area contributed by atoms with Gasteiger partial charge in [-0.1, -0.05) is 6.42 Å². The average Bonchev–Trinajstić information content (AvgIpc) is 2.32. The predicted octanol–water partition coefficient (Wildman–Crippen LogP) is 0.777. The van der Waals surface area contributed by atoms with Gasteiger partial charge in [0.1, 0.15) is 5.54 Å². The van der Waals surface area contributed by atoms with Gasteiger partial charge >= 0.3 is 12.0 Å². The van der Waals surface area contributed by atoms with Crippen LogP contribution in [0.1, 0.15) is 38.5 Å². The summed E-state index contributed by atoms with van der Waals surface area (Å²) in [5.74, 6) is -0.927. The summed E-state index contributed by atoms with van der Waals surface area (Å²) in [4.78, 5) is 25.2. The van der Waals surface area contributed by atoms with Crippen LogP contribution in [0.4, 0.5) is 4.79 Å². The maximum Gasteiger partial charge on any atom is 0.329 e. The highest BCUT2D eigenvalue weighted by atomic mass is 16.4. The Balaban J connectivity index is 1.76. The molecule has 1 saturated carbocycles. The number of carbonyl (C=O) groups excluding carboxylic acids is 1. The van der Waals surface area contributed by atoms with Crippen molar-refractivity contribution < 1.29 is 14.7 Å². The highest BCUT2D eigenvalue weighted by molar-refractivity contribution is 5.87. The van der Waals surface area contributed by atoms with E-state index in [1.165, 1.54) is 12.8 Å². The number of piperidine rings is 1. The molecule has 1 atom stereocenters. The van der Waals surface area contributed by atoms with Crippen LogP contribution in [-0.4, -0.2) is 53.7 Å². The summed E-state index contributed by atoms with van der Waals surface area (Å²) in [5, 5.41) is 14.6. The Morgan fingerprint density at radius 1 is 1.32 bits per heavy atom. The van der Waals surface area contributed by atoms with Gasteiger partial charge in [-0.3, -0.25) is 0 Å². The molecule has 0 aromatic heterocycles. The summed E-state index contributed by atoms with van der Waals surface area (Å²) in [7, 11) is 2.06. The van der Waals surface area contributed by atoms with Crippen molar-refractivity contribution in [2.75, 3.05) is 20.1 Å². The SMILES string of the molecule is CN1CCCCC1CNC(=O)NC1(C(=O)O)CCC1. The van der Waals surface area contributed by atoms with Gasteiger partial charge in [0.2, 0.25) is 0 Å². The molecule has 3 N–H and O–H groups in total. The molecule has 0 aromatic carbocycles. The van der Waals surface area contributed by atoms with E-state index < -0.39 is 11.5 Å². The van der Waals surface area contributed by atoms with E-state index >= 15 is 0 Å². The third-order valence-electron chi connectivity index (χ3n) is 4.39. The zero-order chi connectivity index (χ0) is 13.9. The average molecular weight is 269 g/mol. The van der Waals surface area contributed by atoms with E-state index in [0.717, 1.165) is 19.4 Å². The number of rotatable bonds is 4. The van der Waals surface area contributed by atoms with Gasteiger partial charge in [0.25, 0.3) is 0 Å². The van der Waals surface area contributed by atoms with Crippen LogP contribution in [0, 0.1) is 0 Å². The molecule has 19 heavy (non-hydrogen) atoms. The summed E-state index contributed by atoms with van der Waals surface area (Å²) in [6.07, 6.45) is 5.40. The van der Waals surface area contributed by atoms with Crippen molar-refractivity contribution in [3.05, 3.63) is 0 Å². The lowest BCUT2D eigenvalue weighted by atomic mass is 9.77. The predicted molar refractivity (Wildman–Crippen MR) is 71.0 cm³/mol. The van der Waals surface area contributed by atoms with Gasteiger partial charge in [-0.25, -0.2) is 9.59 Å². The van der Waals surface area contributed by atoms with Crippen LogP contribution in [0.3, 0.4) is 0 Å². The molecule has 2 aliphatic rings. The molecular formula is C13H23N3O3. The number of hydrogen-bond acceptors (Lipinski definition) is 3.